The smallest absolute Gasteiger partial charge is 0.232 e. The monoisotopic (exact) mass is 241 g/mol. The van der Waals surface area contributed by atoms with Gasteiger partial charge in [-0.15, -0.1) is 0 Å². The maximum Gasteiger partial charge on any atom is 0.232 e. The summed E-state index contributed by atoms with van der Waals surface area (Å²) >= 11 is 1.56. The van der Waals surface area contributed by atoms with Crippen LogP contribution in [0.3, 0.4) is 0 Å². The molecule has 1 amide bonds. The second kappa shape index (κ2) is 5.94. The number of likely N-dealkylation sites (N-methyl/N-ethyl adjacent to an activating group) is 1. The summed E-state index contributed by atoms with van der Waals surface area (Å²) in [5.74, 6) is 0.742. The van der Waals surface area contributed by atoms with E-state index in [9.17, 15) is 4.79 Å². The minimum absolute atomic E-state index is 0.186. The molecule has 1 N–H and O–H groups in total. The average molecular weight is 241 g/mol. The van der Waals surface area contributed by atoms with E-state index in [4.69, 9.17) is 0 Å². The number of carbonyl (C=O) groups is 1. The van der Waals surface area contributed by atoms with Crippen LogP contribution in [0.25, 0.3) is 0 Å². The molecule has 0 saturated carbocycles. The molecule has 0 spiro atoms. The van der Waals surface area contributed by atoms with Crippen molar-refractivity contribution >= 4 is 17.7 Å². The van der Waals surface area contributed by atoms with Crippen LogP contribution in [0, 0.1) is 13.8 Å². The Hall–Kier alpha value is -0.970. The van der Waals surface area contributed by atoms with Gasteiger partial charge < -0.3 is 4.90 Å². The van der Waals surface area contributed by atoms with Crippen LogP contribution in [0.15, 0.2) is 0 Å². The van der Waals surface area contributed by atoms with Crippen LogP contribution in [-0.4, -0.2) is 46.6 Å². The molecule has 0 aliphatic rings. The van der Waals surface area contributed by atoms with Crippen molar-refractivity contribution in [2.45, 2.75) is 20.3 Å². The third kappa shape index (κ3) is 3.27. The lowest BCUT2D eigenvalue weighted by atomic mass is 10.1. The first-order valence-corrected chi connectivity index (χ1v) is 6.69. The van der Waals surface area contributed by atoms with Crippen LogP contribution in [0.1, 0.15) is 17.0 Å². The zero-order valence-electron chi connectivity index (χ0n) is 10.3. The number of H-pyrrole nitrogens is 1. The lowest BCUT2D eigenvalue weighted by molar-refractivity contribution is -0.127. The maximum absolute atomic E-state index is 11.6. The van der Waals surface area contributed by atoms with E-state index in [-0.39, 0.29) is 5.91 Å². The second-order valence-electron chi connectivity index (χ2n) is 3.91. The number of rotatable bonds is 5. The van der Waals surface area contributed by atoms with E-state index < -0.39 is 0 Å². The number of amides is 1. The molecule has 0 aromatic carbocycles. The molecule has 0 saturated heterocycles. The Morgan fingerprint density at radius 2 is 2.19 bits per heavy atom. The van der Waals surface area contributed by atoms with Crippen molar-refractivity contribution in [3.05, 3.63) is 17.0 Å². The van der Waals surface area contributed by atoms with Crippen LogP contribution in [-0.2, 0) is 11.2 Å². The highest BCUT2D eigenvalue weighted by molar-refractivity contribution is 7.99. The Morgan fingerprint density at radius 1 is 1.50 bits per heavy atom. The minimum Gasteiger partial charge on any atom is -0.345 e. The van der Waals surface area contributed by atoms with Gasteiger partial charge in [-0.05, 0) is 32.1 Å². The molecule has 0 aliphatic heterocycles. The molecule has 1 heterocycles. The lowest BCUT2D eigenvalue weighted by Crippen LogP contribution is -2.30. The van der Waals surface area contributed by atoms with Crippen LogP contribution < -0.4 is 0 Å². The zero-order valence-corrected chi connectivity index (χ0v) is 11.1. The van der Waals surface area contributed by atoms with E-state index >= 15 is 0 Å². The summed E-state index contributed by atoms with van der Waals surface area (Å²) in [5, 5.41) is 7.10. The van der Waals surface area contributed by atoms with Crippen LogP contribution >= 0.6 is 11.8 Å². The van der Waals surface area contributed by atoms with Crippen molar-refractivity contribution in [2.24, 2.45) is 0 Å². The highest BCUT2D eigenvalue weighted by atomic mass is 32.2. The third-order valence-electron chi connectivity index (χ3n) is 2.67. The Balaban J connectivity index is 2.48. The van der Waals surface area contributed by atoms with Gasteiger partial charge in [-0.25, -0.2) is 0 Å². The second-order valence-corrected chi connectivity index (χ2v) is 4.78. The van der Waals surface area contributed by atoms with Gasteiger partial charge in [-0.2, -0.15) is 16.9 Å². The van der Waals surface area contributed by atoms with Crippen molar-refractivity contribution in [3.8, 4) is 0 Å². The maximum atomic E-state index is 11.6. The quantitative estimate of drug-likeness (QED) is 0.847. The first-order valence-electron chi connectivity index (χ1n) is 5.29. The van der Waals surface area contributed by atoms with E-state index in [1.807, 2.05) is 27.2 Å². The van der Waals surface area contributed by atoms with Crippen molar-refractivity contribution in [1.29, 1.82) is 0 Å². The van der Waals surface area contributed by atoms with Crippen LogP contribution in [0.4, 0.5) is 0 Å². The van der Waals surface area contributed by atoms with Gasteiger partial charge in [0.15, 0.2) is 0 Å². The summed E-state index contributed by atoms with van der Waals surface area (Å²) in [6.45, 7) is 4.75. The van der Waals surface area contributed by atoms with Gasteiger partial charge in [-0.1, -0.05) is 0 Å². The first kappa shape index (κ1) is 13.1. The van der Waals surface area contributed by atoms with E-state index in [1.165, 1.54) is 5.56 Å². The van der Waals surface area contributed by atoms with Gasteiger partial charge in [0, 0.05) is 19.3 Å². The molecule has 4 nitrogen and oxygen atoms in total. The van der Waals surface area contributed by atoms with E-state index in [1.54, 1.807) is 16.7 Å². The minimum atomic E-state index is 0.186. The van der Waals surface area contributed by atoms with E-state index in [0.29, 0.717) is 5.75 Å². The molecule has 16 heavy (non-hydrogen) atoms. The molecule has 0 radical (unpaired) electrons. The Bertz CT molecular complexity index is 343. The third-order valence-corrected chi connectivity index (χ3v) is 3.21. The number of nitrogens with one attached hydrogen (secondary N) is 1. The molecule has 0 aliphatic carbocycles. The molecular weight excluding hydrogens is 222 g/mol. The highest BCUT2D eigenvalue weighted by Gasteiger charge is 2.10. The van der Waals surface area contributed by atoms with Gasteiger partial charge in [0.1, 0.15) is 0 Å². The fourth-order valence-electron chi connectivity index (χ4n) is 1.58. The normalized spacial score (nSPS) is 10.5. The molecule has 0 fully saturated rings. The van der Waals surface area contributed by atoms with Crippen LogP contribution in [0.2, 0.25) is 0 Å². The first-order chi connectivity index (χ1) is 7.56. The summed E-state index contributed by atoms with van der Waals surface area (Å²) in [7, 11) is 1.85. The summed E-state index contributed by atoms with van der Waals surface area (Å²) < 4.78 is 0. The number of nitrogens with zero attached hydrogens (tertiary/aromatic N) is 2. The number of aryl methyl sites for hydroxylation is 2. The SMILES string of the molecule is CSCC(=O)N(C)CCc1c(C)n[nH]c1C. The number of thioether (sulfide) groups is 1. The Kier molecular flexibility index (Phi) is 4.86. The van der Waals surface area contributed by atoms with E-state index in [2.05, 4.69) is 10.2 Å². The van der Waals surface area contributed by atoms with E-state index in [0.717, 1.165) is 24.4 Å². The summed E-state index contributed by atoms with van der Waals surface area (Å²) in [6.07, 6.45) is 2.81. The topological polar surface area (TPSA) is 49.0 Å². The van der Waals surface area contributed by atoms with Crippen molar-refractivity contribution < 1.29 is 4.79 Å². The molecule has 5 heteroatoms. The fourth-order valence-corrected chi connectivity index (χ4v) is 2.05. The predicted molar refractivity (Wildman–Crippen MR) is 67.8 cm³/mol. The molecule has 1 aromatic heterocycles. The van der Waals surface area contributed by atoms with Crippen molar-refractivity contribution in [1.82, 2.24) is 15.1 Å². The summed E-state index contributed by atoms with van der Waals surface area (Å²) in [6, 6.07) is 0. The van der Waals surface area contributed by atoms with Gasteiger partial charge in [0.05, 0.1) is 11.4 Å². The molecule has 0 atom stereocenters. The molecular formula is C11H19N3OS. The molecule has 90 valence electrons. The number of aromatic nitrogens is 2. The number of hydrogen-bond acceptors (Lipinski definition) is 3. The summed E-state index contributed by atoms with van der Waals surface area (Å²) in [4.78, 5) is 13.3. The van der Waals surface area contributed by atoms with Gasteiger partial charge in [0.25, 0.3) is 0 Å². The van der Waals surface area contributed by atoms with Gasteiger partial charge >= 0.3 is 0 Å². The molecule has 1 rings (SSSR count). The largest absolute Gasteiger partial charge is 0.345 e. The van der Waals surface area contributed by atoms with Crippen molar-refractivity contribution in [2.75, 3.05) is 25.6 Å². The predicted octanol–water partition coefficient (Wildman–Crippen LogP) is 1.39. The number of aromatic amines is 1. The number of hydrogen-bond donors (Lipinski definition) is 1. The lowest BCUT2D eigenvalue weighted by Gasteiger charge is -2.16. The van der Waals surface area contributed by atoms with Gasteiger partial charge in [-0.3, -0.25) is 9.89 Å². The van der Waals surface area contributed by atoms with Gasteiger partial charge in [0.2, 0.25) is 5.91 Å². The Labute approximate surface area is 101 Å². The number of carbonyl (C=O) groups excluding carboxylic acids is 1. The Morgan fingerprint density at radius 3 is 2.69 bits per heavy atom. The fraction of sp³-hybridized carbons (Fsp3) is 0.636. The molecule has 0 unspecified atom stereocenters. The highest BCUT2D eigenvalue weighted by Crippen LogP contribution is 2.10. The van der Waals surface area contributed by atoms with Crippen molar-refractivity contribution in [3.63, 3.8) is 0 Å². The zero-order chi connectivity index (χ0) is 12.1. The standard InChI is InChI=1S/C11H19N3OS/c1-8-10(9(2)13-12-8)5-6-14(3)11(15)7-16-4/h5-7H2,1-4H3,(H,12,13). The van der Waals surface area contributed by atoms with Crippen LogP contribution in [0.5, 0.6) is 0 Å². The molecule has 0 bridgehead atoms. The molecule has 1 aromatic rings. The average Bonchev–Trinajstić information content (AvgIpc) is 2.56. The summed E-state index contributed by atoms with van der Waals surface area (Å²) in [5.41, 5.74) is 3.36.